The summed E-state index contributed by atoms with van der Waals surface area (Å²) in [5.41, 5.74) is -0.602. The zero-order valence-corrected chi connectivity index (χ0v) is 10.9. The predicted molar refractivity (Wildman–Crippen MR) is 66.8 cm³/mol. The molecule has 1 saturated carbocycles. The SMILES string of the molecule is CC1CN(CC(=O)NC2(C#N)CCCC2)CCO1. The number of ether oxygens (including phenoxy) is 1. The van der Waals surface area contributed by atoms with E-state index in [4.69, 9.17) is 4.74 Å². The topological polar surface area (TPSA) is 65.4 Å². The van der Waals surface area contributed by atoms with Gasteiger partial charge in [-0.25, -0.2) is 0 Å². The lowest BCUT2D eigenvalue weighted by Gasteiger charge is -2.31. The summed E-state index contributed by atoms with van der Waals surface area (Å²) >= 11 is 0. The lowest BCUT2D eigenvalue weighted by Crippen LogP contribution is -2.51. The molecule has 1 aliphatic carbocycles. The van der Waals surface area contributed by atoms with E-state index < -0.39 is 5.54 Å². The number of nitrogens with one attached hydrogen (secondary N) is 1. The van der Waals surface area contributed by atoms with Gasteiger partial charge >= 0.3 is 0 Å². The molecule has 0 spiro atoms. The van der Waals surface area contributed by atoms with Crippen molar-refractivity contribution in [1.82, 2.24) is 10.2 Å². The highest BCUT2D eigenvalue weighted by Gasteiger charge is 2.35. The van der Waals surface area contributed by atoms with Crippen molar-refractivity contribution in [2.45, 2.75) is 44.2 Å². The van der Waals surface area contributed by atoms with E-state index in [1.165, 1.54) is 0 Å². The van der Waals surface area contributed by atoms with Gasteiger partial charge in [0.15, 0.2) is 0 Å². The minimum absolute atomic E-state index is 0.0347. The number of hydrogen-bond acceptors (Lipinski definition) is 4. The average Bonchev–Trinajstić information content (AvgIpc) is 2.78. The standard InChI is InChI=1S/C13H21N3O2/c1-11-8-16(6-7-18-11)9-12(17)15-13(10-14)4-2-3-5-13/h11H,2-9H2,1H3,(H,15,17). The zero-order chi connectivity index (χ0) is 13.0. The highest BCUT2D eigenvalue weighted by Crippen LogP contribution is 2.28. The van der Waals surface area contributed by atoms with Crippen molar-refractivity contribution in [3.63, 3.8) is 0 Å². The Bertz CT molecular complexity index is 345. The molecular weight excluding hydrogens is 230 g/mol. The van der Waals surface area contributed by atoms with Crippen molar-refractivity contribution >= 4 is 5.91 Å². The third kappa shape index (κ3) is 3.21. The van der Waals surface area contributed by atoms with Gasteiger partial charge in [0, 0.05) is 13.1 Å². The van der Waals surface area contributed by atoms with Gasteiger partial charge in [-0.1, -0.05) is 0 Å². The van der Waals surface area contributed by atoms with Gasteiger partial charge in [0.2, 0.25) is 5.91 Å². The van der Waals surface area contributed by atoms with Gasteiger partial charge < -0.3 is 10.1 Å². The van der Waals surface area contributed by atoms with Crippen molar-refractivity contribution in [3.05, 3.63) is 0 Å². The Labute approximate surface area is 108 Å². The van der Waals surface area contributed by atoms with Crippen LogP contribution in [-0.4, -0.2) is 48.7 Å². The third-order valence-corrected chi connectivity index (χ3v) is 3.74. The first-order valence-electron chi connectivity index (χ1n) is 6.70. The largest absolute Gasteiger partial charge is 0.376 e. The normalized spacial score (nSPS) is 27.7. The molecule has 1 N–H and O–H groups in total. The van der Waals surface area contributed by atoms with Gasteiger partial charge in [0.05, 0.1) is 25.3 Å². The second-order valence-corrected chi connectivity index (χ2v) is 5.37. The van der Waals surface area contributed by atoms with Crippen LogP contribution in [0.15, 0.2) is 0 Å². The molecule has 2 aliphatic rings. The Balaban J connectivity index is 1.83. The number of carbonyl (C=O) groups excluding carboxylic acids is 1. The highest BCUT2D eigenvalue weighted by molar-refractivity contribution is 5.79. The number of amides is 1. The van der Waals surface area contributed by atoms with E-state index in [1.54, 1.807) is 0 Å². The summed E-state index contributed by atoms with van der Waals surface area (Å²) in [4.78, 5) is 14.1. The molecular formula is C13H21N3O2. The molecule has 5 heteroatoms. The van der Waals surface area contributed by atoms with Crippen molar-refractivity contribution < 1.29 is 9.53 Å². The minimum atomic E-state index is -0.602. The van der Waals surface area contributed by atoms with Crippen LogP contribution < -0.4 is 5.32 Å². The zero-order valence-electron chi connectivity index (χ0n) is 10.9. The van der Waals surface area contributed by atoms with Crippen LogP contribution in [0.1, 0.15) is 32.6 Å². The van der Waals surface area contributed by atoms with Gasteiger partial charge in [-0.15, -0.1) is 0 Å². The van der Waals surface area contributed by atoms with Crippen LogP contribution in [0.2, 0.25) is 0 Å². The molecule has 100 valence electrons. The van der Waals surface area contributed by atoms with E-state index in [9.17, 15) is 10.1 Å². The Kier molecular flexibility index (Phi) is 4.20. The predicted octanol–water partition coefficient (Wildman–Crippen LogP) is 0.660. The maximum absolute atomic E-state index is 12.0. The smallest absolute Gasteiger partial charge is 0.235 e. The van der Waals surface area contributed by atoms with Gasteiger partial charge in [-0.2, -0.15) is 5.26 Å². The molecule has 5 nitrogen and oxygen atoms in total. The number of nitrogens with zero attached hydrogens (tertiary/aromatic N) is 2. The molecule has 1 heterocycles. The Hall–Kier alpha value is -1.12. The Morgan fingerprint density at radius 2 is 2.28 bits per heavy atom. The summed E-state index contributed by atoms with van der Waals surface area (Å²) in [7, 11) is 0. The molecule has 1 amide bonds. The number of carbonyl (C=O) groups is 1. The number of hydrogen-bond donors (Lipinski definition) is 1. The molecule has 1 aliphatic heterocycles. The number of nitriles is 1. The van der Waals surface area contributed by atoms with Gasteiger partial charge in [0.25, 0.3) is 0 Å². The summed E-state index contributed by atoms with van der Waals surface area (Å²) in [6.07, 6.45) is 3.82. The fourth-order valence-electron chi connectivity index (χ4n) is 2.79. The van der Waals surface area contributed by atoms with Crippen molar-refractivity contribution in [1.29, 1.82) is 5.26 Å². The van der Waals surface area contributed by atoms with E-state index in [0.717, 1.165) is 38.8 Å². The van der Waals surface area contributed by atoms with Gasteiger partial charge in [-0.3, -0.25) is 9.69 Å². The molecule has 1 atom stereocenters. The van der Waals surface area contributed by atoms with Crippen LogP contribution in [0.25, 0.3) is 0 Å². The molecule has 0 bridgehead atoms. The average molecular weight is 251 g/mol. The van der Waals surface area contributed by atoms with Crippen LogP contribution >= 0.6 is 0 Å². The molecule has 2 fully saturated rings. The van der Waals surface area contributed by atoms with Crippen LogP contribution in [0.5, 0.6) is 0 Å². The Morgan fingerprint density at radius 1 is 1.56 bits per heavy atom. The lowest BCUT2D eigenvalue weighted by atomic mass is 10.00. The number of rotatable bonds is 3. The van der Waals surface area contributed by atoms with E-state index in [0.29, 0.717) is 13.2 Å². The summed E-state index contributed by atoms with van der Waals surface area (Å²) in [5.74, 6) is -0.0347. The molecule has 0 aromatic heterocycles. The van der Waals surface area contributed by atoms with Crippen LogP contribution in [0.3, 0.4) is 0 Å². The number of morpholine rings is 1. The quantitative estimate of drug-likeness (QED) is 0.800. The van der Waals surface area contributed by atoms with Crippen molar-refractivity contribution in [2.75, 3.05) is 26.2 Å². The molecule has 1 unspecified atom stereocenters. The molecule has 0 aromatic carbocycles. The molecule has 1 saturated heterocycles. The summed E-state index contributed by atoms with van der Waals surface area (Å²) in [6, 6.07) is 2.28. The first-order valence-corrected chi connectivity index (χ1v) is 6.70. The summed E-state index contributed by atoms with van der Waals surface area (Å²) in [5, 5.41) is 12.1. The molecule has 2 rings (SSSR count). The van der Waals surface area contributed by atoms with Gasteiger partial charge in [-0.05, 0) is 32.6 Å². The molecule has 18 heavy (non-hydrogen) atoms. The van der Waals surface area contributed by atoms with E-state index in [1.807, 2.05) is 6.92 Å². The second kappa shape index (κ2) is 5.68. The second-order valence-electron chi connectivity index (χ2n) is 5.37. The maximum atomic E-state index is 12.0. The molecule has 0 radical (unpaired) electrons. The first-order chi connectivity index (χ1) is 8.63. The lowest BCUT2D eigenvalue weighted by molar-refractivity contribution is -0.125. The monoisotopic (exact) mass is 251 g/mol. The van der Waals surface area contributed by atoms with Crippen molar-refractivity contribution in [3.8, 4) is 6.07 Å². The van der Waals surface area contributed by atoms with E-state index >= 15 is 0 Å². The van der Waals surface area contributed by atoms with Crippen LogP contribution in [0, 0.1) is 11.3 Å². The van der Waals surface area contributed by atoms with Crippen molar-refractivity contribution in [2.24, 2.45) is 0 Å². The van der Waals surface area contributed by atoms with E-state index in [2.05, 4.69) is 16.3 Å². The van der Waals surface area contributed by atoms with E-state index in [-0.39, 0.29) is 12.0 Å². The summed E-state index contributed by atoms with van der Waals surface area (Å²) in [6.45, 7) is 4.64. The highest BCUT2D eigenvalue weighted by atomic mass is 16.5. The summed E-state index contributed by atoms with van der Waals surface area (Å²) < 4.78 is 5.44. The minimum Gasteiger partial charge on any atom is -0.376 e. The fourth-order valence-corrected chi connectivity index (χ4v) is 2.79. The molecule has 0 aromatic rings. The fraction of sp³-hybridized carbons (Fsp3) is 0.846. The van der Waals surface area contributed by atoms with Gasteiger partial charge in [0.1, 0.15) is 5.54 Å². The third-order valence-electron chi connectivity index (χ3n) is 3.74. The first kappa shape index (κ1) is 13.3. The maximum Gasteiger partial charge on any atom is 0.235 e. The van der Waals surface area contributed by atoms with Crippen LogP contribution in [0.4, 0.5) is 0 Å². The van der Waals surface area contributed by atoms with Crippen LogP contribution in [-0.2, 0) is 9.53 Å². The Morgan fingerprint density at radius 3 is 2.89 bits per heavy atom.